The first-order chi connectivity index (χ1) is 7.87. The van der Waals surface area contributed by atoms with Gasteiger partial charge in [0.05, 0.1) is 5.69 Å². The van der Waals surface area contributed by atoms with E-state index in [4.69, 9.17) is 5.73 Å². The number of rotatable bonds is 3. The molecule has 96 valence electrons. The van der Waals surface area contributed by atoms with Crippen LogP contribution >= 0.6 is 0 Å². The molecule has 1 aromatic rings. The number of hydrogen-bond donors (Lipinski definition) is 1. The van der Waals surface area contributed by atoms with Gasteiger partial charge in [-0.1, -0.05) is 0 Å². The van der Waals surface area contributed by atoms with Crippen molar-refractivity contribution in [2.75, 3.05) is 0 Å². The Morgan fingerprint density at radius 3 is 2.82 bits per heavy atom. The van der Waals surface area contributed by atoms with Crippen molar-refractivity contribution in [3.8, 4) is 0 Å². The maximum Gasteiger partial charge on any atom is 0.248 e. The molecule has 1 aromatic heterocycles. The zero-order chi connectivity index (χ0) is 12.6. The van der Waals surface area contributed by atoms with Crippen molar-refractivity contribution >= 4 is 0 Å². The van der Waals surface area contributed by atoms with Crippen LogP contribution in [0.1, 0.15) is 30.7 Å². The van der Waals surface area contributed by atoms with Crippen LogP contribution in [0.15, 0.2) is 6.07 Å². The molecule has 0 bridgehead atoms. The van der Waals surface area contributed by atoms with E-state index in [2.05, 4.69) is 5.10 Å². The number of nitrogens with zero attached hydrogens (tertiary/aromatic N) is 2. The van der Waals surface area contributed by atoms with Crippen LogP contribution in [-0.2, 0) is 13.5 Å². The van der Waals surface area contributed by atoms with Gasteiger partial charge in [-0.25, -0.2) is 8.78 Å². The van der Waals surface area contributed by atoms with Crippen molar-refractivity contribution in [3.63, 3.8) is 0 Å². The van der Waals surface area contributed by atoms with Crippen LogP contribution in [0, 0.1) is 12.8 Å². The predicted octanol–water partition coefficient (Wildman–Crippen LogP) is 2.03. The van der Waals surface area contributed by atoms with E-state index in [1.807, 2.05) is 20.0 Å². The molecular weight excluding hydrogens is 224 g/mol. The predicted molar refractivity (Wildman–Crippen MR) is 61.9 cm³/mol. The Bertz CT molecular complexity index is 400. The second kappa shape index (κ2) is 4.37. The fourth-order valence-corrected chi connectivity index (χ4v) is 2.61. The van der Waals surface area contributed by atoms with Gasteiger partial charge in [0, 0.05) is 38.0 Å². The van der Waals surface area contributed by atoms with E-state index in [0.29, 0.717) is 12.8 Å². The molecule has 5 heteroatoms. The molecule has 1 fully saturated rings. The number of aryl methyl sites for hydroxylation is 2. The van der Waals surface area contributed by atoms with Crippen molar-refractivity contribution < 1.29 is 8.78 Å². The minimum absolute atomic E-state index is 0.0181. The maximum atomic E-state index is 13.1. The molecule has 0 aromatic carbocycles. The Balaban J connectivity index is 1.98. The Labute approximate surface area is 100.0 Å². The Kier molecular flexibility index (Phi) is 3.21. The van der Waals surface area contributed by atoms with E-state index in [1.165, 1.54) is 0 Å². The fourth-order valence-electron chi connectivity index (χ4n) is 2.61. The summed E-state index contributed by atoms with van der Waals surface area (Å²) in [6, 6.07) is 1.77. The summed E-state index contributed by atoms with van der Waals surface area (Å²) in [5.41, 5.74) is 7.99. The second-order valence-corrected chi connectivity index (χ2v) is 5.13. The average molecular weight is 243 g/mol. The molecule has 1 heterocycles. The molecule has 0 radical (unpaired) electrons. The lowest BCUT2D eigenvalue weighted by Gasteiger charge is -2.19. The molecule has 3 nitrogen and oxygen atoms in total. The molecule has 17 heavy (non-hydrogen) atoms. The molecule has 1 aliphatic carbocycles. The van der Waals surface area contributed by atoms with Gasteiger partial charge in [0.1, 0.15) is 0 Å². The highest BCUT2D eigenvalue weighted by molar-refractivity contribution is 5.10. The van der Waals surface area contributed by atoms with Crippen LogP contribution in [0.25, 0.3) is 0 Å². The largest absolute Gasteiger partial charge is 0.327 e. The van der Waals surface area contributed by atoms with Crippen LogP contribution in [0.4, 0.5) is 8.78 Å². The van der Waals surface area contributed by atoms with Crippen LogP contribution in [0.2, 0.25) is 0 Å². The average Bonchev–Trinajstić information content (AvgIpc) is 2.70. The lowest BCUT2D eigenvalue weighted by Crippen LogP contribution is -2.32. The molecule has 2 N–H and O–H groups in total. The first-order valence-corrected chi connectivity index (χ1v) is 6.00. The Hall–Kier alpha value is -0.970. The lowest BCUT2D eigenvalue weighted by atomic mass is 9.95. The lowest BCUT2D eigenvalue weighted by molar-refractivity contribution is 0.00391. The van der Waals surface area contributed by atoms with E-state index in [0.717, 1.165) is 11.4 Å². The third-order valence-electron chi connectivity index (χ3n) is 3.59. The van der Waals surface area contributed by atoms with Crippen molar-refractivity contribution in [1.82, 2.24) is 9.78 Å². The molecule has 2 atom stereocenters. The van der Waals surface area contributed by atoms with Crippen LogP contribution < -0.4 is 5.73 Å². The number of aromatic nitrogens is 2. The van der Waals surface area contributed by atoms with Crippen molar-refractivity contribution in [2.45, 2.75) is 44.6 Å². The first-order valence-electron chi connectivity index (χ1n) is 6.00. The molecule has 2 rings (SSSR count). The molecule has 0 amide bonds. The minimum Gasteiger partial charge on any atom is -0.327 e. The number of nitrogens with two attached hydrogens (primary N) is 1. The molecule has 0 saturated heterocycles. The molecule has 1 aliphatic rings. The fraction of sp³-hybridized carbons (Fsp3) is 0.750. The van der Waals surface area contributed by atoms with Gasteiger partial charge in [0.2, 0.25) is 5.92 Å². The molecular formula is C12H19F2N3. The second-order valence-electron chi connectivity index (χ2n) is 5.13. The van der Waals surface area contributed by atoms with E-state index in [-0.39, 0.29) is 24.8 Å². The highest BCUT2D eigenvalue weighted by atomic mass is 19.3. The first kappa shape index (κ1) is 12.5. The highest BCUT2D eigenvalue weighted by Crippen LogP contribution is 2.40. The maximum absolute atomic E-state index is 13.1. The topological polar surface area (TPSA) is 43.8 Å². The zero-order valence-electron chi connectivity index (χ0n) is 10.3. The van der Waals surface area contributed by atoms with Gasteiger partial charge in [-0.3, -0.25) is 4.68 Å². The molecule has 2 unspecified atom stereocenters. The number of halogens is 2. The summed E-state index contributed by atoms with van der Waals surface area (Å²) in [5.74, 6) is -2.58. The quantitative estimate of drug-likeness (QED) is 0.882. The van der Waals surface area contributed by atoms with Crippen molar-refractivity contribution in [1.29, 1.82) is 0 Å². The third kappa shape index (κ3) is 2.83. The van der Waals surface area contributed by atoms with Crippen LogP contribution in [0.5, 0.6) is 0 Å². The Morgan fingerprint density at radius 2 is 2.35 bits per heavy atom. The third-order valence-corrected chi connectivity index (χ3v) is 3.59. The summed E-state index contributed by atoms with van der Waals surface area (Å²) in [5, 5.41) is 4.23. The minimum atomic E-state index is -2.51. The van der Waals surface area contributed by atoms with E-state index < -0.39 is 5.92 Å². The van der Waals surface area contributed by atoms with Crippen LogP contribution in [-0.4, -0.2) is 21.7 Å². The normalized spacial score (nSPS) is 25.1. The summed E-state index contributed by atoms with van der Waals surface area (Å²) in [7, 11) is 1.86. The standard InChI is InChI=1S/C12H19F2N3/c1-8-5-10(17(2)16-8)6-11(15)9-3-4-12(13,14)7-9/h5,9,11H,3-4,6-7,15H2,1-2H3. The summed E-state index contributed by atoms with van der Waals surface area (Å²) in [6.45, 7) is 1.92. The summed E-state index contributed by atoms with van der Waals surface area (Å²) in [6.07, 6.45) is 1.07. The van der Waals surface area contributed by atoms with Gasteiger partial charge in [0.25, 0.3) is 0 Å². The van der Waals surface area contributed by atoms with Gasteiger partial charge in [-0.05, 0) is 25.3 Å². The van der Waals surface area contributed by atoms with E-state index in [9.17, 15) is 8.78 Å². The summed E-state index contributed by atoms with van der Waals surface area (Å²) in [4.78, 5) is 0. The van der Waals surface area contributed by atoms with Gasteiger partial charge >= 0.3 is 0 Å². The van der Waals surface area contributed by atoms with E-state index >= 15 is 0 Å². The molecule has 0 aliphatic heterocycles. The van der Waals surface area contributed by atoms with Gasteiger partial charge in [-0.15, -0.1) is 0 Å². The number of alkyl halides is 2. The van der Waals surface area contributed by atoms with Gasteiger partial charge in [-0.2, -0.15) is 5.10 Å². The smallest absolute Gasteiger partial charge is 0.248 e. The summed E-state index contributed by atoms with van der Waals surface area (Å²) < 4.78 is 28.0. The summed E-state index contributed by atoms with van der Waals surface area (Å²) >= 11 is 0. The zero-order valence-corrected chi connectivity index (χ0v) is 10.3. The monoisotopic (exact) mass is 243 g/mol. The van der Waals surface area contributed by atoms with Gasteiger partial charge in [0.15, 0.2) is 0 Å². The van der Waals surface area contributed by atoms with Crippen molar-refractivity contribution in [2.24, 2.45) is 18.7 Å². The Morgan fingerprint density at radius 1 is 1.65 bits per heavy atom. The molecule has 1 saturated carbocycles. The number of hydrogen-bond acceptors (Lipinski definition) is 2. The molecule has 0 spiro atoms. The van der Waals surface area contributed by atoms with E-state index in [1.54, 1.807) is 4.68 Å². The SMILES string of the molecule is Cc1cc(CC(N)C2CCC(F)(F)C2)n(C)n1. The van der Waals surface area contributed by atoms with Crippen molar-refractivity contribution in [3.05, 3.63) is 17.5 Å². The highest BCUT2D eigenvalue weighted by Gasteiger charge is 2.41. The van der Waals surface area contributed by atoms with Crippen LogP contribution in [0.3, 0.4) is 0 Å². The van der Waals surface area contributed by atoms with Gasteiger partial charge < -0.3 is 5.73 Å².